The van der Waals surface area contributed by atoms with E-state index >= 15 is 0 Å². The van der Waals surface area contributed by atoms with Crippen LogP contribution in [-0.4, -0.2) is 41.0 Å². The molecule has 2 aromatic rings. The number of likely N-dealkylation sites (tertiary alicyclic amines) is 1. The third-order valence-electron chi connectivity index (χ3n) is 4.40. The van der Waals surface area contributed by atoms with Gasteiger partial charge in [0.2, 0.25) is 0 Å². The van der Waals surface area contributed by atoms with Gasteiger partial charge in [-0.1, -0.05) is 31.0 Å². The van der Waals surface area contributed by atoms with E-state index in [9.17, 15) is 9.59 Å². The Morgan fingerprint density at radius 2 is 1.79 bits per heavy atom. The maximum atomic E-state index is 12.5. The van der Waals surface area contributed by atoms with Crippen LogP contribution in [-0.2, 0) is 9.53 Å². The Bertz CT molecular complexity index is 731. The molecule has 1 atom stereocenters. The molecule has 0 bridgehead atoms. The molecule has 0 radical (unpaired) electrons. The second kappa shape index (κ2) is 7.43. The zero-order chi connectivity index (χ0) is 16.9. The van der Waals surface area contributed by atoms with E-state index in [1.54, 1.807) is 25.3 Å². The van der Waals surface area contributed by atoms with Gasteiger partial charge in [0.25, 0.3) is 5.91 Å². The smallest absolute Gasteiger partial charge is 0.341 e. The molecular formula is C19H22N2O3. The Morgan fingerprint density at radius 3 is 2.54 bits per heavy atom. The van der Waals surface area contributed by atoms with Gasteiger partial charge in [0.05, 0.1) is 11.1 Å². The quantitative estimate of drug-likeness (QED) is 0.813. The van der Waals surface area contributed by atoms with E-state index in [2.05, 4.69) is 4.98 Å². The Morgan fingerprint density at radius 1 is 1.08 bits per heavy atom. The number of amides is 1. The second-order valence-corrected chi connectivity index (χ2v) is 6.17. The Labute approximate surface area is 141 Å². The summed E-state index contributed by atoms with van der Waals surface area (Å²) in [5, 5.41) is 0.874. The zero-order valence-electron chi connectivity index (χ0n) is 13.9. The molecule has 0 unspecified atom stereocenters. The highest BCUT2D eigenvalue weighted by Crippen LogP contribution is 2.18. The van der Waals surface area contributed by atoms with E-state index in [-0.39, 0.29) is 5.91 Å². The molecule has 126 valence electrons. The number of nitrogens with zero attached hydrogens (tertiary/aromatic N) is 2. The average Bonchev–Trinajstić information content (AvgIpc) is 2.89. The first-order chi connectivity index (χ1) is 11.7. The van der Waals surface area contributed by atoms with E-state index in [0.717, 1.165) is 44.2 Å². The zero-order valence-corrected chi connectivity index (χ0v) is 13.9. The lowest BCUT2D eigenvalue weighted by Crippen LogP contribution is -2.40. The monoisotopic (exact) mass is 326 g/mol. The van der Waals surface area contributed by atoms with Gasteiger partial charge in [-0.25, -0.2) is 4.79 Å². The highest BCUT2D eigenvalue weighted by Gasteiger charge is 2.25. The Balaban J connectivity index is 1.72. The van der Waals surface area contributed by atoms with Gasteiger partial charge < -0.3 is 9.64 Å². The predicted molar refractivity (Wildman–Crippen MR) is 91.7 cm³/mol. The molecule has 3 rings (SSSR count). The van der Waals surface area contributed by atoms with Crippen LogP contribution in [0.2, 0.25) is 0 Å². The van der Waals surface area contributed by atoms with E-state index in [4.69, 9.17) is 4.74 Å². The fourth-order valence-electron chi connectivity index (χ4n) is 3.09. The Hall–Kier alpha value is -2.43. The van der Waals surface area contributed by atoms with Gasteiger partial charge in [0.1, 0.15) is 0 Å². The van der Waals surface area contributed by atoms with Crippen molar-refractivity contribution in [1.82, 2.24) is 9.88 Å². The topological polar surface area (TPSA) is 59.5 Å². The number of benzene rings is 1. The molecule has 0 spiro atoms. The summed E-state index contributed by atoms with van der Waals surface area (Å²) in [7, 11) is 0. The van der Waals surface area contributed by atoms with Crippen molar-refractivity contribution < 1.29 is 14.3 Å². The van der Waals surface area contributed by atoms with Crippen molar-refractivity contribution >= 4 is 22.8 Å². The van der Waals surface area contributed by atoms with Crippen LogP contribution in [0.4, 0.5) is 0 Å². The molecular weight excluding hydrogens is 304 g/mol. The summed E-state index contributed by atoms with van der Waals surface area (Å²) < 4.78 is 5.43. The number of rotatable bonds is 3. The van der Waals surface area contributed by atoms with Crippen LogP contribution in [0, 0.1) is 0 Å². The molecule has 1 aliphatic rings. The van der Waals surface area contributed by atoms with Gasteiger partial charge in [0, 0.05) is 24.7 Å². The van der Waals surface area contributed by atoms with Gasteiger partial charge in [-0.2, -0.15) is 0 Å². The van der Waals surface area contributed by atoms with Crippen molar-refractivity contribution in [1.29, 1.82) is 0 Å². The van der Waals surface area contributed by atoms with Crippen LogP contribution in [0.15, 0.2) is 36.5 Å². The number of fused-ring (bicyclic) bond motifs is 1. The van der Waals surface area contributed by atoms with Gasteiger partial charge in [-0.05, 0) is 31.9 Å². The third-order valence-corrected chi connectivity index (χ3v) is 4.40. The van der Waals surface area contributed by atoms with Crippen molar-refractivity contribution in [3.05, 3.63) is 42.1 Å². The van der Waals surface area contributed by atoms with Gasteiger partial charge in [0.15, 0.2) is 6.10 Å². The average molecular weight is 326 g/mol. The summed E-state index contributed by atoms with van der Waals surface area (Å²) in [4.78, 5) is 31.1. The van der Waals surface area contributed by atoms with E-state index in [1.807, 2.05) is 23.1 Å². The molecule has 1 aliphatic heterocycles. The summed E-state index contributed by atoms with van der Waals surface area (Å²) in [6, 6.07) is 9.08. The molecule has 1 amide bonds. The van der Waals surface area contributed by atoms with Crippen molar-refractivity contribution in [2.45, 2.75) is 38.7 Å². The number of para-hydroxylation sites is 1. The molecule has 1 aromatic heterocycles. The maximum absolute atomic E-state index is 12.5. The summed E-state index contributed by atoms with van der Waals surface area (Å²) in [6.07, 6.45) is 5.19. The molecule has 0 N–H and O–H groups in total. The molecule has 0 aliphatic carbocycles. The predicted octanol–water partition coefficient (Wildman–Crippen LogP) is 3.18. The lowest BCUT2D eigenvalue weighted by Gasteiger charge is -2.24. The number of hydrogen-bond acceptors (Lipinski definition) is 4. The Kier molecular flexibility index (Phi) is 5.08. The summed E-state index contributed by atoms with van der Waals surface area (Å²) >= 11 is 0. The molecule has 5 heteroatoms. The molecule has 1 aromatic carbocycles. The molecule has 2 heterocycles. The molecule has 24 heavy (non-hydrogen) atoms. The molecule has 1 saturated heterocycles. The maximum Gasteiger partial charge on any atom is 0.341 e. The first-order valence-corrected chi connectivity index (χ1v) is 8.50. The second-order valence-electron chi connectivity index (χ2n) is 6.17. The van der Waals surface area contributed by atoms with Crippen molar-refractivity contribution in [2.24, 2.45) is 0 Å². The van der Waals surface area contributed by atoms with Crippen LogP contribution in [0.3, 0.4) is 0 Å². The van der Waals surface area contributed by atoms with E-state index in [1.165, 1.54) is 0 Å². The number of hydrogen-bond donors (Lipinski definition) is 0. The largest absolute Gasteiger partial charge is 0.449 e. The van der Waals surface area contributed by atoms with Crippen LogP contribution in [0.25, 0.3) is 10.9 Å². The number of carbonyl (C=O) groups is 2. The highest BCUT2D eigenvalue weighted by molar-refractivity contribution is 6.03. The van der Waals surface area contributed by atoms with Crippen molar-refractivity contribution in [3.63, 3.8) is 0 Å². The molecule has 1 fully saturated rings. The first-order valence-electron chi connectivity index (χ1n) is 8.50. The van der Waals surface area contributed by atoms with Crippen molar-refractivity contribution in [2.75, 3.05) is 13.1 Å². The number of carbonyl (C=O) groups excluding carboxylic acids is 2. The van der Waals surface area contributed by atoms with Crippen LogP contribution in [0.5, 0.6) is 0 Å². The highest BCUT2D eigenvalue weighted by atomic mass is 16.5. The normalized spacial score (nSPS) is 16.5. The van der Waals surface area contributed by atoms with Gasteiger partial charge in [-0.15, -0.1) is 0 Å². The fraction of sp³-hybridized carbons (Fsp3) is 0.421. The van der Waals surface area contributed by atoms with Crippen LogP contribution < -0.4 is 0 Å². The minimum Gasteiger partial charge on any atom is -0.449 e. The standard InChI is InChI=1S/C19H22N2O3/c1-14(18(22)21-12-4-2-3-5-13-21)24-19(23)16-10-6-8-15-9-7-11-20-17(15)16/h6-11,14H,2-5,12-13H2,1H3/t14-/m1/s1. The van der Waals surface area contributed by atoms with Gasteiger partial charge >= 0.3 is 5.97 Å². The lowest BCUT2D eigenvalue weighted by molar-refractivity contribution is -0.139. The summed E-state index contributed by atoms with van der Waals surface area (Å²) in [5.41, 5.74) is 0.989. The summed E-state index contributed by atoms with van der Waals surface area (Å²) in [6.45, 7) is 3.14. The first kappa shape index (κ1) is 16.4. The minimum absolute atomic E-state index is 0.113. The number of pyridine rings is 1. The van der Waals surface area contributed by atoms with Gasteiger partial charge in [-0.3, -0.25) is 9.78 Å². The summed E-state index contributed by atoms with van der Waals surface area (Å²) in [5.74, 6) is -0.617. The van der Waals surface area contributed by atoms with Crippen LogP contribution in [0.1, 0.15) is 43.0 Å². The number of aromatic nitrogens is 1. The number of esters is 1. The van der Waals surface area contributed by atoms with E-state index in [0.29, 0.717) is 11.1 Å². The lowest BCUT2D eigenvalue weighted by atomic mass is 10.1. The SMILES string of the molecule is C[C@@H](OC(=O)c1cccc2cccnc12)C(=O)N1CCCCCC1. The minimum atomic E-state index is -0.783. The van der Waals surface area contributed by atoms with Crippen LogP contribution >= 0.6 is 0 Å². The third kappa shape index (κ3) is 3.55. The molecule has 5 nitrogen and oxygen atoms in total. The van der Waals surface area contributed by atoms with Crippen molar-refractivity contribution in [3.8, 4) is 0 Å². The fourth-order valence-corrected chi connectivity index (χ4v) is 3.09. The van der Waals surface area contributed by atoms with E-state index < -0.39 is 12.1 Å². The molecule has 0 saturated carbocycles. The number of ether oxygens (including phenoxy) is 1.